The van der Waals surface area contributed by atoms with E-state index in [0.29, 0.717) is 18.2 Å². The first-order chi connectivity index (χ1) is 11.1. The van der Waals surface area contributed by atoms with Crippen molar-refractivity contribution in [3.8, 4) is 0 Å². The summed E-state index contributed by atoms with van der Waals surface area (Å²) in [6.07, 6.45) is 0. The number of benzene rings is 2. The lowest BCUT2D eigenvalue weighted by Gasteiger charge is -2.17. The van der Waals surface area contributed by atoms with E-state index in [1.165, 1.54) is 10.8 Å². The lowest BCUT2D eigenvalue weighted by atomic mass is 10.0. The van der Waals surface area contributed by atoms with Gasteiger partial charge in [0.25, 0.3) is 5.91 Å². The number of H-pyrrole nitrogens is 1. The number of amides is 1. The zero-order chi connectivity index (χ0) is 16.4. The fraction of sp³-hybridized carbons (Fsp3) is 0.263. The monoisotopic (exact) mass is 307 g/mol. The second-order valence-corrected chi connectivity index (χ2v) is 6.16. The Balaban J connectivity index is 1.82. The average molecular weight is 307 g/mol. The Morgan fingerprint density at radius 2 is 1.91 bits per heavy atom. The highest BCUT2D eigenvalue weighted by Crippen LogP contribution is 2.20. The minimum absolute atomic E-state index is 0.0684. The van der Waals surface area contributed by atoms with Gasteiger partial charge in [0, 0.05) is 19.3 Å². The maximum absolute atomic E-state index is 12.6. The van der Waals surface area contributed by atoms with Crippen LogP contribution < -0.4 is 0 Å². The first-order valence-electron chi connectivity index (χ1n) is 7.83. The largest absolute Gasteiger partial charge is 0.336 e. The van der Waals surface area contributed by atoms with Gasteiger partial charge in [-0.2, -0.15) is 5.10 Å². The summed E-state index contributed by atoms with van der Waals surface area (Å²) >= 11 is 0. The first kappa shape index (κ1) is 15.3. The number of fused-ring (bicyclic) bond motifs is 1. The topological polar surface area (TPSA) is 49.0 Å². The van der Waals surface area contributed by atoms with Crippen molar-refractivity contribution >= 4 is 16.7 Å². The van der Waals surface area contributed by atoms with Crippen molar-refractivity contribution in [2.24, 2.45) is 0 Å². The van der Waals surface area contributed by atoms with Gasteiger partial charge in [-0.1, -0.05) is 56.3 Å². The number of carbonyl (C=O) groups is 1. The number of nitrogens with one attached hydrogen (secondary N) is 1. The summed E-state index contributed by atoms with van der Waals surface area (Å²) < 4.78 is 0. The molecule has 1 aromatic heterocycles. The molecule has 4 nitrogen and oxygen atoms in total. The molecule has 23 heavy (non-hydrogen) atoms. The van der Waals surface area contributed by atoms with Crippen molar-refractivity contribution in [3.63, 3.8) is 0 Å². The summed E-state index contributed by atoms with van der Waals surface area (Å²) in [5.74, 6) is 0.258. The van der Waals surface area contributed by atoms with Crippen molar-refractivity contribution in [1.29, 1.82) is 0 Å². The molecule has 0 spiro atoms. The van der Waals surface area contributed by atoms with Crippen LogP contribution in [0.1, 0.15) is 41.5 Å². The normalized spacial score (nSPS) is 11.1. The van der Waals surface area contributed by atoms with Gasteiger partial charge in [0.15, 0.2) is 0 Å². The Morgan fingerprint density at radius 1 is 1.17 bits per heavy atom. The number of rotatable bonds is 4. The predicted molar refractivity (Wildman–Crippen MR) is 92.4 cm³/mol. The highest BCUT2D eigenvalue weighted by atomic mass is 16.2. The van der Waals surface area contributed by atoms with E-state index in [0.717, 1.165) is 11.3 Å². The number of carbonyl (C=O) groups excluding carboxylic acids is 1. The first-order valence-corrected chi connectivity index (χ1v) is 7.83. The van der Waals surface area contributed by atoms with E-state index in [9.17, 15) is 4.79 Å². The average Bonchev–Trinajstić information content (AvgIpc) is 3.04. The molecule has 3 aromatic rings. The maximum Gasteiger partial charge on any atom is 0.274 e. The molecule has 1 amide bonds. The van der Waals surface area contributed by atoms with E-state index in [4.69, 9.17) is 0 Å². The molecular weight excluding hydrogens is 286 g/mol. The number of aromatic nitrogens is 2. The van der Waals surface area contributed by atoms with Crippen molar-refractivity contribution in [1.82, 2.24) is 15.1 Å². The fourth-order valence-electron chi connectivity index (χ4n) is 2.70. The summed E-state index contributed by atoms with van der Waals surface area (Å²) in [7, 11) is 1.81. The Kier molecular flexibility index (Phi) is 4.15. The van der Waals surface area contributed by atoms with Gasteiger partial charge in [0.1, 0.15) is 5.69 Å². The molecule has 4 heteroatoms. The smallest absolute Gasteiger partial charge is 0.274 e. The van der Waals surface area contributed by atoms with E-state index in [1.807, 2.05) is 31.3 Å². The minimum Gasteiger partial charge on any atom is -0.336 e. The molecule has 1 N–H and O–H groups in total. The van der Waals surface area contributed by atoms with Crippen LogP contribution in [0.4, 0.5) is 0 Å². The molecular formula is C19H21N3O. The van der Waals surface area contributed by atoms with Gasteiger partial charge in [0.2, 0.25) is 0 Å². The molecule has 1 heterocycles. The minimum atomic E-state index is -0.0684. The van der Waals surface area contributed by atoms with Crippen LogP contribution in [-0.2, 0) is 6.54 Å². The lowest BCUT2D eigenvalue weighted by molar-refractivity contribution is 0.0780. The molecule has 0 aliphatic carbocycles. The predicted octanol–water partition coefficient (Wildman–Crippen LogP) is 3.96. The zero-order valence-corrected chi connectivity index (χ0v) is 13.7. The van der Waals surface area contributed by atoms with Gasteiger partial charge in [-0.25, -0.2) is 0 Å². The van der Waals surface area contributed by atoms with E-state index in [2.05, 4.69) is 48.3 Å². The summed E-state index contributed by atoms with van der Waals surface area (Å²) in [5, 5.41) is 9.45. The number of hydrogen-bond donors (Lipinski definition) is 1. The van der Waals surface area contributed by atoms with Crippen LogP contribution in [0.3, 0.4) is 0 Å². The van der Waals surface area contributed by atoms with E-state index in [1.54, 1.807) is 4.90 Å². The molecule has 0 aliphatic rings. The van der Waals surface area contributed by atoms with Gasteiger partial charge < -0.3 is 4.90 Å². The number of hydrogen-bond acceptors (Lipinski definition) is 2. The van der Waals surface area contributed by atoms with E-state index in [-0.39, 0.29) is 5.91 Å². The summed E-state index contributed by atoms with van der Waals surface area (Å²) in [6, 6.07) is 16.2. The SMILES string of the molecule is CC(C)c1cc(C(=O)N(C)Cc2cccc3ccccc23)n[nH]1. The summed E-state index contributed by atoms with van der Waals surface area (Å²) in [4.78, 5) is 14.3. The Labute approximate surface area is 136 Å². The highest BCUT2D eigenvalue weighted by molar-refractivity contribution is 5.93. The number of aromatic amines is 1. The molecule has 0 saturated carbocycles. The Morgan fingerprint density at radius 3 is 2.65 bits per heavy atom. The van der Waals surface area contributed by atoms with E-state index < -0.39 is 0 Å². The summed E-state index contributed by atoms with van der Waals surface area (Å²) in [6.45, 7) is 4.70. The molecule has 0 aliphatic heterocycles. The Bertz CT molecular complexity index is 830. The maximum atomic E-state index is 12.6. The third kappa shape index (κ3) is 3.11. The standard InChI is InChI=1S/C19H21N3O/c1-13(2)17-11-18(21-20-17)19(23)22(3)12-15-9-6-8-14-7-4-5-10-16(14)15/h4-11,13H,12H2,1-3H3,(H,20,21). The lowest BCUT2D eigenvalue weighted by Crippen LogP contribution is -2.26. The second-order valence-electron chi connectivity index (χ2n) is 6.16. The molecule has 118 valence electrons. The molecule has 0 atom stereocenters. The van der Waals surface area contributed by atoms with Crippen LogP contribution in [0, 0.1) is 0 Å². The van der Waals surface area contributed by atoms with Crippen LogP contribution in [0.2, 0.25) is 0 Å². The second kappa shape index (κ2) is 6.24. The van der Waals surface area contributed by atoms with Crippen LogP contribution in [0.25, 0.3) is 10.8 Å². The molecule has 0 fully saturated rings. The molecule has 3 rings (SSSR count). The van der Waals surface area contributed by atoms with Gasteiger partial charge in [0.05, 0.1) is 0 Å². The van der Waals surface area contributed by atoms with Crippen molar-refractivity contribution in [2.45, 2.75) is 26.3 Å². The zero-order valence-electron chi connectivity index (χ0n) is 13.7. The van der Waals surface area contributed by atoms with Crippen molar-refractivity contribution < 1.29 is 4.79 Å². The van der Waals surface area contributed by atoms with Crippen molar-refractivity contribution in [3.05, 3.63) is 65.5 Å². The van der Waals surface area contributed by atoms with Gasteiger partial charge in [-0.3, -0.25) is 9.89 Å². The third-order valence-corrected chi connectivity index (χ3v) is 4.07. The Hall–Kier alpha value is -2.62. The van der Waals surface area contributed by atoms with Crippen LogP contribution in [-0.4, -0.2) is 28.1 Å². The van der Waals surface area contributed by atoms with Gasteiger partial charge in [-0.05, 0) is 28.3 Å². The van der Waals surface area contributed by atoms with Gasteiger partial charge in [-0.15, -0.1) is 0 Å². The quantitative estimate of drug-likeness (QED) is 0.793. The highest BCUT2D eigenvalue weighted by Gasteiger charge is 2.17. The molecule has 0 unspecified atom stereocenters. The van der Waals surface area contributed by atoms with E-state index >= 15 is 0 Å². The van der Waals surface area contributed by atoms with Crippen LogP contribution >= 0.6 is 0 Å². The van der Waals surface area contributed by atoms with Crippen LogP contribution in [0.15, 0.2) is 48.5 Å². The molecule has 0 saturated heterocycles. The molecule has 2 aromatic carbocycles. The summed E-state index contributed by atoms with van der Waals surface area (Å²) in [5.41, 5.74) is 2.59. The van der Waals surface area contributed by atoms with Crippen molar-refractivity contribution in [2.75, 3.05) is 7.05 Å². The van der Waals surface area contributed by atoms with Crippen LogP contribution in [0.5, 0.6) is 0 Å². The molecule has 0 radical (unpaired) electrons. The van der Waals surface area contributed by atoms with Gasteiger partial charge >= 0.3 is 0 Å². The number of nitrogens with zero attached hydrogens (tertiary/aromatic N) is 2. The third-order valence-electron chi connectivity index (χ3n) is 4.07. The molecule has 0 bridgehead atoms. The fourth-order valence-corrected chi connectivity index (χ4v) is 2.70.